The molecule has 1 aliphatic rings. The second-order valence-corrected chi connectivity index (χ2v) is 5.04. The molecule has 0 spiro atoms. The molecule has 1 unspecified atom stereocenters. The van der Waals surface area contributed by atoms with Crippen LogP contribution >= 0.6 is 0 Å². The van der Waals surface area contributed by atoms with Gasteiger partial charge < -0.3 is 5.32 Å². The smallest absolute Gasteiger partial charge is 0.269 e. The maximum absolute atomic E-state index is 10.8. The molecule has 0 bridgehead atoms. The fourth-order valence-corrected chi connectivity index (χ4v) is 2.63. The molecule has 1 fully saturated rings. The Morgan fingerprint density at radius 3 is 3.00 bits per heavy atom. The summed E-state index contributed by atoms with van der Waals surface area (Å²) in [5.41, 5.74) is 1.20. The van der Waals surface area contributed by atoms with E-state index < -0.39 is 0 Å². The van der Waals surface area contributed by atoms with Crippen LogP contribution in [0.25, 0.3) is 0 Å². The van der Waals surface area contributed by atoms with Gasteiger partial charge in [0.15, 0.2) is 0 Å². The topological polar surface area (TPSA) is 58.4 Å². The minimum absolute atomic E-state index is 0.179. The molecule has 104 valence electrons. The highest BCUT2D eigenvalue weighted by molar-refractivity contribution is 5.34. The van der Waals surface area contributed by atoms with Gasteiger partial charge in [0.05, 0.1) is 4.92 Å². The van der Waals surface area contributed by atoms with Crippen LogP contribution in [-0.4, -0.2) is 35.5 Å². The lowest BCUT2D eigenvalue weighted by Crippen LogP contribution is -2.36. The van der Waals surface area contributed by atoms with Gasteiger partial charge in [-0.1, -0.05) is 19.1 Å². The SMILES string of the molecule is CCCN(Cc1cccc([N+](=O)[O-])c1)C1CCNC1. The number of hydrogen-bond acceptors (Lipinski definition) is 4. The third kappa shape index (κ3) is 3.75. The monoisotopic (exact) mass is 263 g/mol. The van der Waals surface area contributed by atoms with Gasteiger partial charge in [-0.15, -0.1) is 0 Å². The average Bonchev–Trinajstić information content (AvgIpc) is 2.92. The Morgan fingerprint density at radius 1 is 1.53 bits per heavy atom. The number of nitrogens with one attached hydrogen (secondary N) is 1. The Kier molecular flexibility index (Phi) is 4.87. The van der Waals surface area contributed by atoms with Crippen LogP contribution in [0, 0.1) is 10.1 Å². The summed E-state index contributed by atoms with van der Waals surface area (Å²) >= 11 is 0. The van der Waals surface area contributed by atoms with Crippen molar-refractivity contribution in [2.45, 2.75) is 32.4 Å². The van der Waals surface area contributed by atoms with E-state index >= 15 is 0 Å². The van der Waals surface area contributed by atoms with Crippen LogP contribution in [0.3, 0.4) is 0 Å². The third-order valence-electron chi connectivity index (χ3n) is 3.57. The number of nitro benzene ring substituents is 1. The van der Waals surface area contributed by atoms with Crippen molar-refractivity contribution in [1.82, 2.24) is 10.2 Å². The Balaban J connectivity index is 2.07. The van der Waals surface area contributed by atoms with E-state index in [0.29, 0.717) is 6.04 Å². The van der Waals surface area contributed by atoms with Crippen LogP contribution in [0.1, 0.15) is 25.3 Å². The van der Waals surface area contributed by atoms with E-state index in [4.69, 9.17) is 0 Å². The predicted molar refractivity (Wildman–Crippen MR) is 75.1 cm³/mol. The maximum Gasteiger partial charge on any atom is 0.269 e. The first-order chi connectivity index (χ1) is 9.20. The number of hydrogen-bond donors (Lipinski definition) is 1. The highest BCUT2D eigenvalue weighted by Gasteiger charge is 2.22. The summed E-state index contributed by atoms with van der Waals surface area (Å²) in [4.78, 5) is 12.9. The first-order valence-corrected chi connectivity index (χ1v) is 6.89. The van der Waals surface area contributed by atoms with E-state index in [1.807, 2.05) is 6.07 Å². The van der Waals surface area contributed by atoms with Crippen LogP contribution in [-0.2, 0) is 6.54 Å². The zero-order valence-corrected chi connectivity index (χ0v) is 11.3. The summed E-state index contributed by atoms with van der Waals surface area (Å²) in [6.45, 7) is 6.09. The number of nitrogens with zero attached hydrogens (tertiary/aromatic N) is 2. The molecule has 0 amide bonds. The van der Waals surface area contributed by atoms with Gasteiger partial charge >= 0.3 is 0 Å². The van der Waals surface area contributed by atoms with E-state index in [9.17, 15) is 10.1 Å². The van der Waals surface area contributed by atoms with Crippen LogP contribution in [0.5, 0.6) is 0 Å². The van der Waals surface area contributed by atoms with Crippen LogP contribution in [0.4, 0.5) is 5.69 Å². The van der Waals surface area contributed by atoms with Crippen molar-refractivity contribution in [2.24, 2.45) is 0 Å². The molecule has 5 heteroatoms. The molecule has 1 saturated heterocycles. The molecule has 5 nitrogen and oxygen atoms in total. The fourth-order valence-electron chi connectivity index (χ4n) is 2.63. The van der Waals surface area contributed by atoms with Gasteiger partial charge in [-0.25, -0.2) is 0 Å². The molecule has 0 saturated carbocycles. The maximum atomic E-state index is 10.8. The molecule has 1 atom stereocenters. The number of benzene rings is 1. The molecule has 1 aliphatic heterocycles. The van der Waals surface area contributed by atoms with Crippen molar-refractivity contribution in [1.29, 1.82) is 0 Å². The van der Waals surface area contributed by atoms with E-state index in [1.54, 1.807) is 18.2 Å². The number of nitro groups is 1. The molecular weight excluding hydrogens is 242 g/mol. The quantitative estimate of drug-likeness (QED) is 0.631. The second kappa shape index (κ2) is 6.63. The van der Waals surface area contributed by atoms with Crippen molar-refractivity contribution in [3.05, 3.63) is 39.9 Å². The van der Waals surface area contributed by atoms with Gasteiger partial charge in [0.2, 0.25) is 0 Å². The minimum Gasteiger partial charge on any atom is -0.315 e. The van der Waals surface area contributed by atoms with Gasteiger partial charge in [-0.2, -0.15) is 0 Å². The van der Waals surface area contributed by atoms with Crippen LogP contribution in [0.15, 0.2) is 24.3 Å². The van der Waals surface area contributed by atoms with Gasteiger partial charge in [0.1, 0.15) is 0 Å². The van der Waals surface area contributed by atoms with Gasteiger partial charge in [0.25, 0.3) is 5.69 Å². The summed E-state index contributed by atoms with van der Waals surface area (Å²) in [6, 6.07) is 7.53. The van der Waals surface area contributed by atoms with E-state index in [-0.39, 0.29) is 10.6 Å². The molecule has 1 aromatic carbocycles. The van der Waals surface area contributed by atoms with E-state index in [0.717, 1.165) is 44.6 Å². The molecule has 0 radical (unpaired) electrons. The second-order valence-electron chi connectivity index (χ2n) is 5.04. The highest BCUT2D eigenvalue weighted by atomic mass is 16.6. The Morgan fingerprint density at radius 2 is 2.37 bits per heavy atom. The van der Waals surface area contributed by atoms with Crippen LogP contribution < -0.4 is 5.32 Å². The Hall–Kier alpha value is -1.46. The lowest BCUT2D eigenvalue weighted by molar-refractivity contribution is -0.384. The molecule has 1 N–H and O–H groups in total. The lowest BCUT2D eigenvalue weighted by Gasteiger charge is -2.27. The van der Waals surface area contributed by atoms with Gasteiger partial charge in [-0.05, 0) is 31.5 Å². The molecule has 1 aromatic rings. The predicted octanol–water partition coefficient (Wildman–Crippen LogP) is 2.17. The summed E-state index contributed by atoms with van der Waals surface area (Å²) in [6.07, 6.45) is 2.26. The van der Waals surface area contributed by atoms with E-state index in [2.05, 4.69) is 17.1 Å². The normalized spacial score (nSPS) is 18.9. The van der Waals surface area contributed by atoms with Crippen LogP contribution in [0.2, 0.25) is 0 Å². The highest BCUT2D eigenvalue weighted by Crippen LogP contribution is 2.18. The summed E-state index contributed by atoms with van der Waals surface area (Å²) in [5, 5.41) is 14.2. The molecule has 0 aromatic heterocycles. The number of non-ortho nitro benzene ring substituents is 1. The van der Waals surface area contributed by atoms with Crippen molar-refractivity contribution in [3.63, 3.8) is 0 Å². The van der Waals surface area contributed by atoms with Gasteiger partial charge in [0, 0.05) is 31.3 Å². The summed E-state index contributed by atoms with van der Waals surface area (Å²) in [5.74, 6) is 0. The zero-order valence-electron chi connectivity index (χ0n) is 11.3. The summed E-state index contributed by atoms with van der Waals surface area (Å²) < 4.78 is 0. The third-order valence-corrected chi connectivity index (χ3v) is 3.57. The lowest BCUT2D eigenvalue weighted by atomic mass is 10.1. The van der Waals surface area contributed by atoms with E-state index in [1.165, 1.54) is 0 Å². The largest absolute Gasteiger partial charge is 0.315 e. The first-order valence-electron chi connectivity index (χ1n) is 6.89. The van der Waals surface area contributed by atoms with Crippen molar-refractivity contribution < 1.29 is 4.92 Å². The Bertz CT molecular complexity index is 430. The average molecular weight is 263 g/mol. The molecule has 1 heterocycles. The first kappa shape index (κ1) is 14.0. The van der Waals surface area contributed by atoms with Crippen molar-refractivity contribution >= 4 is 5.69 Å². The van der Waals surface area contributed by atoms with Crippen molar-refractivity contribution in [2.75, 3.05) is 19.6 Å². The van der Waals surface area contributed by atoms with Gasteiger partial charge in [-0.3, -0.25) is 15.0 Å². The molecule has 2 rings (SSSR count). The molecule has 19 heavy (non-hydrogen) atoms. The zero-order chi connectivity index (χ0) is 13.7. The minimum atomic E-state index is -0.329. The molecule has 0 aliphatic carbocycles. The summed E-state index contributed by atoms with van der Waals surface area (Å²) in [7, 11) is 0. The number of rotatable bonds is 6. The fraction of sp³-hybridized carbons (Fsp3) is 0.571. The molecular formula is C14H21N3O2. The van der Waals surface area contributed by atoms with Crippen molar-refractivity contribution in [3.8, 4) is 0 Å². The standard InChI is InChI=1S/C14H21N3O2/c1-2-8-16(14-6-7-15-10-14)11-12-4-3-5-13(9-12)17(18)19/h3-5,9,14-15H,2,6-8,10-11H2,1H3. The Labute approximate surface area is 113 Å².